The summed E-state index contributed by atoms with van der Waals surface area (Å²) in [5.41, 5.74) is 1.85. The van der Waals surface area contributed by atoms with Gasteiger partial charge in [0.2, 0.25) is 0 Å². The molecule has 0 bridgehead atoms. The lowest BCUT2D eigenvalue weighted by Crippen LogP contribution is -2.27. The Hall–Kier alpha value is -2.73. The Balaban J connectivity index is 1.59. The molecule has 6 nitrogen and oxygen atoms in total. The quantitative estimate of drug-likeness (QED) is 0.882. The summed E-state index contributed by atoms with van der Waals surface area (Å²) in [4.78, 5) is 28.5. The van der Waals surface area contributed by atoms with Crippen molar-refractivity contribution < 1.29 is 14.3 Å². The highest BCUT2D eigenvalue weighted by Gasteiger charge is 2.23. The molecule has 0 unspecified atom stereocenters. The van der Waals surface area contributed by atoms with E-state index in [2.05, 4.69) is 15.6 Å². The molecule has 0 spiro atoms. The summed E-state index contributed by atoms with van der Waals surface area (Å²) in [7, 11) is 0. The monoisotopic (exact) mass is 325 g/mol. The van der Waals surface area contributed by atoms with Gasteiger partial charge in [-0.1, -0.05) is 12.1 Å². The standard InChI is InChI=1S/C18H19N3O3/c22-17(20-12-15-6-1-2-9-19-15)13-5-3-7-14(11-13)21-18(23)16-8-4-10-24-16/h1-3,5-7,9,11,16H,4,8,10,12H2,(H,20,22)(H,21,23)/t16-/m0/s1. The number of nitrogens with zero attached hydrogens (tertiary/aromatic N) is 1. The molecule has 1 fully saturated rings. The van der Waals surface area contributed by atoms with Gasteiger partial charge in [0.15, 0.2) is 0 Å². The summed E-state index contributed by atoms with van der Waals surface area (Å²) >= 11 is 0. The molecule has 1 atom stereocenters. The van der Waals surface area contributed by atoms with Crippen LogP contribution in [0.25, 0.3) is 0 Å². The van der Waals surface area contributed by atoms with Crippen molar-refractivity contribution in [2.45, 2.75) is 25.5 Å². The first-order valence-electron chi connectivity index (χ1n) is 7.93. The number of ether oxygens (including phenoxy) is 1. The van der Waals surface area contributed by atoms with Crippen LogP contribution in [0, 0.1) is 0 Å². The predicted octanol–water partition coefficient (Wildman–Crippen LogP) is 2.13. The highest BCUT2D eigenvalue weighted by Crippen LogP contribution is 2.16. The smallest absolute Gasteiger partial charge is 0.253 e. The minimum Gasteiger partial charge on any atom is -0.368 e. The zero-order valence-electron chi connectivity index (χ0n) is 13.2. The highest BCUT2D eigenvalue weighted by atomic mass is 16.5. The molecule has 0 aliphatic carbocycles. The molecule has 1 aromatic carbocycles. The van der Waals surface area contributed by atoms with E-state index in [1.54, 1.807) is 30.5 Å². The van der Waals surface area contributed by atoms with Crippen LogP contribution < -0.4 is 10.6 Å². The third-order valence-electron chi connectivity index (χ3n) is 3.77. The maximum atomic E-state index is 12.2. The van der Waals surface area contributed by atoms with Crippen LogP contribution in [0.4, 0.5) is 5.69 Å². The van der Waals surface area contributed by atoms with Crippen LogP contribution in [-0.4, -0.2) is 29.5 Å². The molecule has 124 valence electrons. The number of amides is 2. The van der Waals surface area contributed by atoms with Crippen molar-refractivity contribution in [2.75, 3.05) is 11.9 Å². The van der Waals surface area contributed by atoms with E-state index in [1.807, 2.05) is 18.2 Å². The molecule has 1 aromatic heterocycles. The van der Waals surface area contributed by atoms with Crippen LogP contribution >= 0.6 is 0 Å². The number of aromatic nitrogens is 1. The number of pyridine rings is 1. The lowest BCUT2D eigenvalue weighted by Gasteiger charge is -2.11. The highest BCUT2D eigenvalue weighted by molar-refractivity contribution is 5.98. The lowest BCUT2D eigenvalue weighted by molar-refractivity contribution is -0.124. The van der Waals surface area contributed by atoms with Crippen molar-refractivity contribution in [3.05, 3.63) is 59.9 Å². The molecule has 1 aliphatic heterocycles. The summed E-state index contributed by atoms with van der Waals surface area (Å²) in [6.07, 6.45) is 2.92. The fraction of sp³-hybridized carbons (Fsp3) is 0.278. The van der Waals surface area contributed by atoms with Gasteiger partial charge in [-0.05, 0) is 43.2 Å². The first kappa shape index (κ1) is 16.1. The minimum absolute atomic E-state index is 0.168. The van der Waals surface area contributed by atoms with Crippen LogP contribution in [0.1, 0.15) is 28.9 Å². The number of carbonyl (C=O) groups is 2. The maximum Gasteiger partial charge on any atom is 0.253 e. The van der Waals surface area contributed by atoms with Crippen LogP contribution in [0.2, 0.25) is 0 Å². The van der Waals surface area contributed by atoms with Gasteiger partial charge in [-0.2, -0.15) is 0 Å². The summed E-state index contributed by atoms with van der Waals surface area (Å²) < 4.78 is 5.35. The molecule has 1 saturated heterocycles. The first-order chi connectivity index (χ1) is 11.7. The molecule has 2 amide bonds. The molecule has 1 aliphatic rings. The summed E-state index contributed by atoms with van der Waals surface area (Å²) in [6, 6.07) is 12.4. The second-order valence-corrected chi connectivity index (χ2v) is 5.58. The normalized spacial score (nSPS) is 16.6. The fourth-order valence-electron chi connectivity index (χ4n) is 2.52. The Kier molecular flexibility index (Phi) is 5.18. The Morgan fingerprint density at radius 1 is 1.21 bits per heavy atom. The predicted molar refractivity (Wildman–Crippen MR) is 89.5 cm³/mol. The molecule has 0 radical (unpaired) electrons. The van der Waals surface area contributed by atoms with Gasteiger partial charge in [0, 0.05) is 24.1 Å². The van der Waals surface area contributed by atoms with Crippen molar-refractivity contribution in [3.63, 3.8) is 0 Å². The van der Waals surface area contributed by atoms with Crippen LogP contribution in [0.15, 0.2) is 48.7 Å². The van der Waals surface area contributed by atoms with Gasteiger partial charge in [-0.25, -0.2) is 0 Å². The van der Waals surface area contributed by atoms with E-state index in [0.717, 1.165) is 18.5 Å². The fourth-order valence-corrected chi connectivity index (χ4v) is 2.52. The van der Waals surface area contributed by atoms with Gasteiger partial charge < -0.3 is 15.4 Å². The summed E-state index contributed by atoms with van der Waals surface area (Å²) in [5.74, 6) is -0.382. The molecule has 0 saturated carbocycles. The van der Waals surface area contributed by atoms with Gasteiger partial charge in [0.05, 0.1) is 12.2 Å². The SMILES string of the molecule is O=C(NCc1ccccn1)c1cccc(NC(=O)[C@@H]2CCCO2)c1. The molecule has 2 N–H and O–H groups in total. The number of hydrogen-bond acceptors (Lipinski definition) is 4. The van der Waals surface area contributed by atoms with Gasteiger partial charge in [0.25, 0.3) is 11.8 Å². The second-order valence-electron chi connectivity index (χ2n) is 5.58. The lowest BCUT2D eigenvalue weighted by atomic mass is 10.1. The number of anilines is 1. The van der Waals surface area contributed by atoms with Crippen molar-refractivity contribution >= 4 is 17.5 Å². The van der Waals surface area contributed by atoms with Crippen LogP contribution in [0.3, 0.4) is 0 Å². The van der Waals surface area contributed by atoms with E-state index < -0.39 is 6.10 Å². The van der Waals surface area contributed by atoms with Gasteiger partial charge in [-0.3, -0.25) is 14.6 Å². The van der Waals surface area contributed by atoms with Crippen LogP contribution in [0.5, 0.6) is 0 Å². The van der Waals surface area contributed by atoms with E-state index in [4.69, 9.17) is 4.74 Å². The zero-order chi connectivity index (χ0) is 16.8. The Labute approximate surface area is 140 Å². The van der Waals surface area contributed by atoms with E-state index in [9.17, 15) is 9.59 Å². The third-order valence-corrected chi connectivity index (χ3v) is 3.77. The van der Waals surface area contributed by atoms with E-state index in [1.165, 1.54) is 0 Å². The Bertz CT molecular complexity index is 712. The molecule has 2 heterocycles. The number of carbonyl (C=O) groups excluding carboxylic acids is 2. The second kappa shape index (κ2) is 7.70. The summed E-state index contributed by atoms with van der Waals surface area (Å²) in [6.45, 7) is 0.972. The molecule has 24 heavy (non-hydrogen) atoms. The average Bonchev–Trinajstić information content (AvgIpc) is 3.15. The number of nitrogens with one attached hydrogen (secondary N) is 2. The Morgan fingerprint density at radius 2 is 2.12 bits per heavy atom. The third kappa shape index (κ3) is 4.17. The van der Waals surface area contributed by atoms with E-state index in [0.29, 0.717) is 24.4 Å². The molecule has 3 rings (SSSR count). The minimum atomic E-state index is -0.397. The first-order valence-corrected chi connectivity index (χ1v) is 7.93. The van der Waals surface area contributed by atoms with Crippen molar-refractivity contribution in [1.29, 1.82) is 0 Å². The van der Waals surface area contributed by atoms with Crippen molar-refractivity contribution in [2.24, 2.45) is 0 Å². The molecular formula is C18H19N3O3. The van der Waals surface area contributed by atoms with Gasteiger partial charge >= 0.3 is 0 Å². The zero-order valence-corrected chi connectivity index (χ0v) is 13.2. The van der Waals surface area contributed by atoms with Crippen molar-refractivity contribution in [3.8, 4) is 0 Å². The van der Waals surface area contributed by atoms with Gasteiger partial charge in [0.1, 0.15) is 6.10 Å². The number of rotatable bonds is 5. The van der Waals surface area contributed by atoms with Gasteiger partial charge in [-0.15, -0.1) is 0 Å². The average molecular weight is 325 g/mol. The Morgan fingerprint density at radius 3 is 2.88 bits per heavy atom. The van der Waals surface area contributed by atoms with E-state index >= 15 is 0 Å². The maximum absolute atomic E-state index is 12.2. The summed E-state index contributed by atoms with van der Waals surface area (Å²) in [5, 5.41) is 5.61. The largest absolute Gasteiger partial charge is 0.368 e. The number of hydrogen-bond donors (Lipinski definition) is 2. The van der Waals surface area contributed by atoms with Crippen molar-refractivity contribution in [1.82, 2.24) is 10.3 Å². The van der Waals surface area contributed by atoms with E-state index in [-0.39, 0.29) is 11.8 Å². The molecular weight excluding hydrogens is 306 g/mol. The molecule has 6 heteroatoms. The topological polar surface area (TPSA) is 80.3 Å². The molecule has 2 aromatic rings. The number of benzene rings is 1. The van der Waals surface area contributed by atoms with Crippen LogP contribution in [-0.2, 0) is 16.1 Å².